The van der Waals surface area contributed by atoms with Crippen LogP contribution in [-0.2, 0) is 26.2 Å². The van der Waals surface area contributed by atoms with E-state index in [0.29, 0.717) is 10.7 Å². The Morgan fingerprint density at radius 2 is 1.62 bits per heavy atom. The number of benzene rings is 2. The number of carbonyl (C=O) groups is 2. The highest BCUT2D eigenvalue weighted by Gasteiger charge is 2.30. The molecule has 0 heterocycles. The van der Waals surface area contributed by atoms with Gasteiger partial charge in [-0.2, -0.15) is 0 Å². The third kappa shape index (κ3) is 7.24. The van der Waals surface area contributed by atoms with E-state index in [1.165, 1.54) is 17.0 Å². The molecule has 0 spiro atoms. The van der Waals surface area contributed by atoms with E-state index in [4.69, 9.17) is 11.6 Å². The predicted octanol–water partition coefficient (Wildman–Crippen LogP) is 3.44. The molecule has 0 fully saturated rings. The first kappa shape index (κ1) is 25.7. The Hall–Kier alpha value is -2.58. The summed E-state index contributed by atoms with van der Waals surface area (Å²) in [4.78, 5) is 27.6. The van der Waals surface area contributed by atoms with Crippen molar-refractivity contribution in [1.29, 1.82) is 0 Å². The lowest BCUT2D eigenvalue weighted by molar-refractivity contribution is -0.139. The molecule has 0 bridgehead atoms. The van der Waals surface area contributed by atoms with Crippen molar-refractivity contribution in [2.45, 2.75) is 45.8 Å². The van der Waals surface area contributed by atoms with Gasteiger partial charge in [-0.05, 0) is 50.1 Å². The third-order valence-electron chi connectivity index (χ3n) is 5.16. The van der Waals surface area contributed by atoms with Gasteiger partial charge in [0.2, 0.25) is 21.8 Å². The van der Waals surface area contributed by atoms with E-state index in [0.717, 1.165) is 22.5 Å². The van der Waals surface area contributed by atoms with Crippen LogP contribution in [0, 0.1) is 0 Å². The topological polar surface area (TPSA) is 86.8 Å². The highest BCUT2D eigenvalue weighted by molar-refractivity contribution is 7.92. The minimum absolute atomic E-state index is 0.0415. The van der Waals surface area contributed by atoms with Gasteiger partial charge >= 0.3 is 0 Å². The number of sulfonamides is 1. The van der Waals surface area contributed by atoms with Crippen molar-refractivity contribution in [3.63, 3.8) is 0 Å². The first-order valence-corrected chi connectivity index (χ1v) is 12.6. The summed E-state index contributed by atoms with van der Waals surface area (Å²) >= 11 is 5.92. The largest absolute Gasteiger partial charge is 0.352 e. The van der Waals surface area contributed by atoms with Crippen LogP contribution < -0.4 is 9.62 Å². The SMILES string of the molecule is CCC(C)NC(=O)C(C)N(Cc1ccccc1)C(=O)CN(c1ccc(Cl)cc1)S(C)(=O)=O. The average Bonchev–Trinajstić information content (AvgIpc) is 2.75. The maximum absolute atomic E-state index is 13.4. The minimum atomic E-state index is -3.76. The summed E-state index contributed by atoms with van der Waals surface area (Å²) in [7, 11) is -3.76. The lowest BCUT2D eigenvalue weighted by atomic mass is 10.1. The summed E-state index contributed by atoms with van der Waals surface area (Å²) < 4.78 is 25.9. The molecule has 2 aromatic rings. The number of amides is 2. The van der Waals surface area contributed by atoms with E-state index in [9.17, 15) is 18.0 Å². The Kier molecular flexibility index (Phi) is 9.09. The summed E-state index contributed by atoms with van der Waals surface area (Å²) in [6.07, 6.45) is 1.79. The summed E-state index contributed by atoms with van der Waals surface area (Å²) in [5, 5.41) is 3.35. The van der Waals surface area contributed by atoms with Crippen molar-refractivity contribution >= 4 is 39.1 Å². The number of rotatable bonds is 10. The molecule has 7 nitrogen and oxygen atoms in total. The van der Waals surface area contributed by atoms with Gasteiger partial charge in [-0.15, -0.1) is 0 Å². The van der Waals surface area contributed by atoms with Crippen molar-refractivity contribution in [3.05, 3.63) is 65.2 Å². The van der Waals surface area contributed by atoms with Gasteiger partial charge in [-0.1, -0.05) is 48.9 Å². The van der Waals surface area contributed by atoms with Crippen molar-refractivity contribution in [2.24, 2.45) is 0 Å². The van der Waals surface area contributed by atoms with E-state index >= 15 is 0 Å². The van der Waals surface area contributed by atoms with E-state index in [2.05, 4.69) is 5.32 Å². The molecule has 9 heteroatoms. The van der Waals surface area contributed by atoms with Crippen LogP contribution in [0.3, 0.4) is 0 Å². The maximum Gasteiger partial charge on any atom is 0.244 e. The third-order valence-corrected chi connectivity index (χ3v) is 6.55. The number of nitrogens with zero attached hydrogens (tertiary/aromatic N) is 2. The lowest BCUT2D eigenvalue weighted by Gasteiger charge is -2.32. The zero-order valence-electron chi connectivity index (χ0n) is 18.8. The van der Waals surface area contributed by atoms with Gasteiger partial charge in [0, 0.05) is 17.6 Å². The molecular formula is C23H30ClN3O4S. The van der Waals surface area contributed by atoms with Gasteiger partial charge in [0.25, 0.3) is 0 Å². The van der Waals surface area contributed by atoms with E-state index in [-0.39, 0.29) is 18.5 Å². The molecule has 2 rings (SSSR count). The van der Waals surface area contributed by atoms with Gasteiger partial charge in [0.1, 0.15) is 12.6 Å². The Labute approximate surface area is 195 Å². The molecule has 0 aliphatic heterocycles. The molecule has 2 atom stereocenters. The van der Waals surface area contributed by atoms with Crippen molar-refractivity contribution in [2.75, 3.05) is 17.1 Å². The second-order valence-electron chi connectivity index (χ2n) is 7.75. The maximum atomic E-state index is 13.4. The van der Waals surface area contributed by atoms with Gasteiger partial charge in [0.15, 0.2) is 0 Å². The van der Waals surface area contributed by atoms with E-state index < -0.39 is 28.5 Å². The quantitative estimate of drug-likeness (QED) is 0.565. The fourth-order valence-electron chi connectivity index (χ4n) is 3.05. The minimum Gasteiger partial charge on any atom is -0.352 e. The molecule has 0 saturated carbocycles. The Morgan fingerprint density at radius 3 is 2.16 bits per heavy atom. The van der Waals surface area contributed by atoms with Gasteiger partial charge < -0.3 is 10.2 Å². The average molecular weight is 480 g/mol. The summed E-state index contributed by atoms with van der Waals surface area (Å²) in [5.74, 6) is -0.776. The number of anilines is 1. The van der Waals surface area contributed by atoms with E-state index in [1.807, 2.05) is 44.2 Å². The zero-order chi connectivity index (χ0) is 23.9. The highest BCUT2D eigenvalue weighted by atomic mass is 35.5. The van der Waals surface area contributed by atoms with Gasteiger partial charge in [-0.25, -0.2) is 8.42 Å². The van der Waals surface area contributed by atoms with Crippen LogP contribution in [0.25, 0.3) is 0 Å². The molecule has 1 N–H and O–H groups in total. The molecule has 2 unspecified atom stereocenters. The number of carbonyl (C=O) groups excluding carboxylic acids is 2. The second-order valence-corrected chi connectivity index (χ2v) is 10.1. The predicted molar refractivity (Wildman–Crippen MR) is 128 cm³/mol. The van der Waals surface area contributed by atoms with E-state index in [1.54, 1.807) is 19.1 Å². The molecule has 0 aliphatic rings. The standard InChI is InChI=1S/C23H30ClN3O4S/c1-5-17(2)25-23(29)18(3)26(15-19-9-7-6-8-10-19)22(28)16-27(32(4,30)31)21-13-11-20(24)12-14-21/h6-14,17-18H,5,15-16H2,1-4H3,(H,25,29). The fraction of sp³-hybridized carbons (Fsp3) is 0.391. The van der Waals surface area contributed by atoms with Crippen LogP contribution in [0.2, 0.25) is 5.02 Å². The lowest BCUT2D eigenvalue weighted by Crippen LogP contribution is -2.52. The van der Waals surface area contributed by atoms with Crippen LogP contribution in [0.5, 0.6) is 0 Å². The Bertz CT molecular complexity index is 1010. The van der Waals surface area contributed by atoms with Crippen molar-refractivity contribution < 1.29 is 18.0 Å². The van der Waals surface area contributed by atoms with Crippen LogP contribution in [-0.4, -0.2) is 50.0 Å². The second kappa shape index (κ2) is 11.3. The molecule has 2 aromatic carbocycles. The molecule has 0 saturated heterocycles. The summed E-state index contributed by atoms with van der Waals surface area (Å²) in [6.45, 7) is 5.23. The number of nitrogens with one attached hydrogen (secondary N) is 1. The summed E-state index contributed by atoms with van der Waals surface area (Å²) in [5.41, 5.74) is 1.16. The molecule has 174 valence electrons. The first-order chi connectivity index (χ1) is 15.0. The molecule has 0 radical (unpaired) electrons. The summed E-state index contributed by atoms with van der Waals surface area (Å²) in [6, 6.07) is 14.6. The van der Waals surface area contributed by atoms with Crippen LogP contribution >= 0.6 is 11.6 Å². The van der Waals surface area contributed by atoms with Crippen molar-refractivity contribution in [3.8, 4) is 0 Å². The molecule has 2 amide bonds. The number of hydrogen-bond donors (Lipinski definition) is 1. The van der Waals surface area contributed by atoms with Gasteiger partial charge in [0.05, 0.1) is 11.9 Å². The number of hydrogen-bond acceptors (Lipinski definition) is 4. The smallest absolute Gasteiger partial charge is 0.244 e. The molecule has 0 aromatic heterocycles. The fourth-order valence-corrected chi connectivity index (χ4v) is 4.02. The van der Waals surface area contributed by atoms with Crippen LogP contribution in [0.4, 0.5) is 5.69 Å². The molecule has 0 aliphatic carbocycles. The Balaban J connectivity index is 2.34. The van der Waals surface area contributed by atoms with Gasteiger partial charge in [-0.3, -0.25) is 13.9 Å². The normalized spacial score (nSPS) is 13.2. The molecule has 32 heavy (non-hydrogen) atoms. The van der Waals surface area contributed by atoms with Crippen LogP contribution in [0.15, 0.2) is 54.6 Å². The highest BCUT2D eigenvalue weighted by Crippen LogP contribution is 2.21. The molecular weight excluding hydrogens is 450 g/mol. The monoisotopic (exact) mass is 479 g/mol. The number of halogens is 1. The first-order valence-electron chi connectivity index (χ1n) is 10.4. The van der Waals surface area contributed by atoms with Crippen LogP contribution in [0.1, 0.15) is 32.8 Å². The zero-order valence-corrected chi connectivity index (χ0v) is 20.4. The Morgan fingerprint density at radius 1 is 1.03 bits per heavy atom. The van der Waals surface area contributed by atoms with Crippen molar-refractivity contribution in [1.82, 2.24) is 10.2 Å².